The lowest BCUT2D eigenvalue weighted by molar-refractivity contribution is 0.128. The van der Waals surface area contributed by atoms with Crippen LogP contribution in [-0.4, -0.2) is 24.0 Å². The fourth-order valence-corrected chi connectivity index (χ4v) is 3.35. The molecule has 0 bridgehead atoms. The molecule has 2 rings (SSSR count). The Bertz CT molecular complexity index is 365. The first-order valence-electron chi connectivity index (χ1n) is 6.47. The zero-order chi connectivity index (χ0) is 12.3. The summed E-state index contributed by atoms with van der Waals surface area (Å²) < 4.78 is 1.30. The summed E-state index contributed by atoms with van der Waals surface area (Å²) in [5.74, 6) is 0. The van der Waals surface area contributed by atoms with Crippen molar-refractivity contribution >= 4 is 22.6 Å². The summed E-state index contributed by atoms with van der Waals surface area (Å²) in [6.45, 7) is 4.59. The second kappa shape index (κ2) is 6.16. The molecule has 0 spiro atoms. The molecule has 1 heterocycles. The molecule has 17 heavy (non-hydrogen) atoms. The number of benzene rings is 1. The Hall–Kier alpha value is -0.130. The van der Waals surface area contributed by atoms with Gasteiger partial charge in [0.1, 0.15) is 0 Å². The molecular formula is C14H21IN2. The van der Waals surface area contributed by atoms with Crippen LogP contribution in [0, 0.1) is 3.57 Å². The summed E-state index contributed by atoms with van der Waals surface area (Å²) in [6.07, 6.45) is 3.59. The predicted molar refractivity (Wildman–Crippen MR) is 81.0 cm³/mol. The van der Waals surface area contributed by atoms with Crippen molar-refractivity contribution in [2.24, 2.45) is 5.73 Å². The van der Waals surface area contributed by atoms with Gasteiger partial charge in [-0.15, -0.1) is 0 Å². The minimum absolute atomic E-state index is 0.286. The van der Waals surface area contributed by atoms with E-state index in [-0.39, 0.29) is 6.04 Å². The van der Waals surface area contributed by atoms with E-state index in [4.69, 9.17) is 5.73 Å². The molecule has 0 amide bonds. The summed E-state index contributed by atoms with van der Waals surface area (Å²) in [5.41, 5.74) is 7.72. The minimum Gasteiger partial charge on any atom is -0.326 e. The van der Waals surface area contributed by atoms with Gasteiger partial charge in [-0.3, -0.25) is 4.90 Å². The van der Waals surface area contributed by atoms with E-state index in [1.165, 1.54) is 28.5 Å². The Morgan fingerprint density at radius 3 is 3.00 bits per heavy atom. The summed E-state index contributed by atoms with van der Waals surface area (Å²) in [5, 5.41) is 0. The summed E-state index contributed by atoms with van der Waals surface area (Å²) >= 11 is 2.38. The van der Waals surface area contributed by atoms with E-state index < -0.39 is 0 Å². The molecule has 2 unspecified atom stereocenters. The van der Waals surface area contributed by atoms with Crippen LogP contribution in [0.5, 0.6) is 0 Å². The highest BCUT2D eigenvalue weighted by atomic mass is 127. The molecule has 94 valence electrons. The van der Waals surface area contributed by atoms with Gasteiger partial charge in [-0.05, 0) is 72.6 Å². The van der Waals surface area contributed by atoms with Crippen LogP contribution >= 0.6 is 22.6 Å². The van der Waals surface area contributed by atoms with Crippen molar-refractivity contribution in [3.05, 3.63) is 33.4 Å². The molecule has 2 atom stereocenters. The van der Waals surface area contributed by atoms with Crippen LogP contribution in [0.4, 0.5) is 0 Å². The fraction of sp³-hybridized carbons (Fsp3) is 0.571. The van der Waals surface area contributed by atoms with Crippen LogP contribution in [0.3, 0.4) is 0 Å². The normalized spacial score (nSPS) is 26.1. The summed E-state index contributed by atoms with van der Waals surface area (Å²) in [6, 6.07) is 9.48. The predicted octanol–water partition coefficient (Wildman–Crippen LogP) is 3.17. The van der Waals surface area contributed by atoms with Gasteiger partial charge in [0.15, 0.2) is 0 Å². The van der Waals surface area contributed by atoms with Crippen LogP contribution in [0.15, 0.2) is 24.3 Å². The van der Waals surface area contributed by atoms with Gasteiger partial charge in [0, 0.05) is 15.7 Å². The number of halogens is 1. The van der Waals surface area contributed by atoms with Crippen molar-refractivity contribution in [1.82, 2.24) is 4.90 Å². The van der Waals surface area contributed by atoms with Crippen LogP contribution in [0.2, 0.25) is 0 Å². The first kappa shape index (κ1) is 13.3. The lowest BCUT2D eigenvalue weighted by Gasteiger charge is -2.40. The van der Waals surface area contributed by atoms with Gasteiger partial charge in [0.05, 0.1) is 0 Å². The molecule has 3 heteroatoms. The van der Waals surface area contributed by atoms with E-state index in [0.717, 1.165) is 13.0 Å². The van der Waals surface area contributed by atoms with Gasteiger partial charge in [-0.1, -0.05) is 19.1 Å². The third-order valence-electron chi connectivity index (χ3n) is 3.48. The molecule has 1 aliphatic rings. The number of likely N-dealkylation sites (tertiary alicyclic amines) is 1. The second-order valence-corrected chi connectivity index (χ2v) is 6.09. The van der Waals surface area contributed by atoms with Crippen molar-refractivity contribution in [2.45, 2.75) is 38.3 Å². The minimum atomic E-state index is 0.286. The number of nitrogens with two attached hydrogens (primary N) is 1. The van der Waals surface area contributed by atoms with Gasteiger partial charge >= 0.3 is 0 Å². The number of piperidine rings is 1. The summed E-state index contributed by atoms with van der Waals surface area (Å²) in [4.78, 5) is 2.56. The molecule has 2 N–H and O–H groups in total. The average molecular weight is 344 g/mol. The molecular weight excluding hydrogens is 323 g/mol. The Morgan fingerprint density at radius 2 is 2.29 bits per heavy atom. The molecule has 0 radical (unpaired) electrons. The molecule has 1 aromatic carbocycles. The molecule has 1 aliphatic heterocycles. The number of hydrogen-bond acceptors (Lipinski definition) is 2. The smallest absolute Gasteiger partial charge is 0.0499 e. The van der Waals surface area contributed by atoms with Crippen LogP contribution in [0.1, 0.15) is 37.8 Å². The Balaban J connectivity index is 2.24. The first-order valence-corrected chi connectivity index (χ1v) is 7.55. The molecule has 0 saturated carbocycles. The molecule has 1 fully saturated rings. The maximum atomic E-state index is 6.34. The Morgan fingerprint density at radius 1 is 1.47 bits per heavy atom. The standard InChI is InChI=1S/C14H21IN2/c1-2-8-17-9-4-7-13(16)14(17)11-5-3-6-12(15)10-11/h3,5-6,10,13-14H,2,4,7-9,16H2,1H3. The van der Waals surface area contributed by atoms with Gasteiger partial charge in [-0.2, -0.15) is 0 Å². The number of rotatable bonds is 3. The third kappa shape index (κ3) is 3.20. The van der Waals surface area contributed by atoms with Crippen LogP contribution in [-0.2, 0) is 0 Å². The number of nitrogens with zero attached hydrogens (tertiary/aromatic N) is 1. The highest BCUT2D eigenvalue weighted by molar-refractivity contribution is 14.1. The first-order chi connectivity index (χ1) is 8.22. The third-order valence-corrected chi connectivity index (χ3v) is 4.15. The Kier molecular flexibility index (Phi) is 4.82. The summed E-state index contributed by atoms with van der Waals surface area (Å²) in [7, 11) is 0. The molecule has 1 aromatic rings. The molecule has 0 aromatic heterocycles. The van der Waals surface area contributed by atoms with Crippen LogP contribution < -0.4 is 5.73 Å². The van der Waals surface area contributed by atoms with Gasteiger partial charge < -0.3 is 5.73 Å². The SMILES string of the molecule is CCCN1CCCC(N)C1c1cccc(I)c1. The van der Waals surface area contributed by atoms with Crippen molar-refractivity contribution in [2.75, 3.05) is 13.1 Å². The maximum Gasteiger partial charge on any atom is 0.0499 e. The van der Waals surface area contributed by atoms with Gasteiger partial charge in [0.25, 0.3) is 0 Å². The maximum absolute atomic E-state index is 6.34. The lowest BCUT2D eigenvalue weighted by Crippen LogP contribution is -2.46. The van der Waals surface area contributed by atoms with E-state index in [0.29, 0.717) is 6.04 Å². The van der Waals surface area contributed by atoms with Crippen molar-refractivity contribution in [3.8, 4) is 0 Å². The van der Waals surface area contributed by atoms with E-state index in [2.05, 4.69) is 58.7 Å². The van der Waals surface area contributed by atoms with Crippen molar-refractivity contribution in [3.63, 3.8) is 0 Å². The lowest BCUT2D eigenvalue weighted by atomic mass is 9.91. The Labute approximate surface area is 118 Å². The van der Waals surface area contributed by atoms with E-state index in [9.17, 15) is 0 Å². The highest BCUT2D eigenvalue weighted by Crippen LogP contribution is 2.30. The molecule has 2 nitrogen and oxygen atoms in total. The van der Waals surface area contributed by atoms with E-state index >= 15 is 0 Å². The average Bonchev–Trinajstić information content (AvgIpc) is 2.29. The fourth-order valence-electron chi connectivity index (χ4n) is 2.78. The molecule has 1 saturated heterocycles. The van der Waals surface area contributed by atoms with Gasteiger partial charge in [0.2, 0.25) is 0 Å². The van der Waals surface area contributed by atoms with Crippen LogP contribution in [0.25, 0.3) is 0 Å². The zero-order valence-corrected chi connectivity index (χ0v) is 12.6. The van der Waals surface area contributed by atoms with E-state index in [1.54, 1.807) is 0 Å². The topological polar surface area (TPSA) is 29.3 Å². The largest absolute Gasteiger partial charge is 0.326 e. The number of hydrogen-bond donors (Lipinski definition) is 1. The van der Waals surface area contributed by atoms with Crippen molar-refractivity contribution in [1.29, 1.82) is 0 Å². The van der Waals surface area contributed by atoms with Gasteiger partial charge in [-0.25, -0.2) is 0 Å². The highest BCUT2D eigenvalue weighted by Gasteiger charge is 2.29. The second-order valence-electron chi connectivity index (χ2n) is 4.84. The monoisotopic (exact) mass is 344 g/mol. The van der Waals surface area contributed by atoms with E-state index in [1.807, 2.05) is 0 Å². The zero-order valence-electron chi connectivity index (χ0n) is 10.4. The molecule has 0 aliphatic carbocycles. The van der Waals surface area contributed by atoms with Crippen molar-refractivity contribution < 1.29 is 0 Å². The quantitative estimate of drug-likeness (QED) is 0.854.